The Morgan fingerprint density at radius 1 is 1.45 bits per heavy atom. The van der Waals surface area contributed by atoms with Gasteiger partial charge in [0.25, 0.3) is 0 Å². The van der Waals surface area contributed by atoms with Gasteiger partial charge in [-0.3, -0.25) is 9.59 Å². The number of benzene rings is 1. The van der Waals surface area contributed by atoms with Crippen molar-refractivity contribution in [2.45, 2.75) is 19.4 Å². The van der Waals surface area contributed by atoms with E-state index in [1.165, 1.54) is 7.11 Å². The summed E-state index contributed by atoms with van der Waals surface area (Å²) in [5.41, 5.74) is 0.587. The molecule has 2 atom stereocenters. The Labute approximate surface area is 116 Å². The number of rotatable bonds is 5. The van der Waals surface area contributed by atoms with Crippen LogP contribution in [-0.4, -0.2) is 30.8 Å². The van der Waals surface area contributed by atoms with Crippen LogP contribution in [0.1, 0.15) is 25.0 Å². The molecule has 108 valence electrons. The molecule has 0 amide bonds. The molecule has 1 aromatic carbocycles. The highest BCUT2D eigenvalue weighted by Gasteiger charge is 2.41. The molecule has 0 spiro atoms. The van der Waals surface area contributed by atoms with E-state index >= 15 is 0 Å². The maximum absolute atomic E-state index is 11.3. The average Bonchev–Trinajstić information content (AvgIpc) is 2.82. The number of cyclic esters (lactones) is 1. The molecule has 6 nitrogen and oxygen atoms in total. The lowest BCUT2D eigenvalue weighted by atomic mass is 9.95. The number of esters is 1. The van der Waals surface area contributed by atoms with Gasteiger partial charge in [-0.25, -0.2) is 0 Å². The third-order valence-corrected chi connectivity index (χ3v) is 3.14. The van der Waals surface area contributed by atoms with Crippen molar-refractivity contribution in [3.05, 3.63) is 23.8 Å². The number of hydrogen-bond acceptors (Lipinski definition) is 5. The number of carboxylic acids is 1. The predicted molar refractivity (Wildman–Crippen MR) is 68.7 cm³/mol. The van der Waals surface area contributed by atoms with E-state index in [1.807, 2.05) is 6.92 Å². The molecular formula is C14H16O6. The lowest BCUT2D eigenvalue weighted by Gasteiger charge is -2.17. The first-order chi connectivity index (χ1) is 9.56. The van der Waals surface area contributed by atoms with Crippen LogP contribution in [0.15, 0.2) is 18.2 Å². The molecule has 20 heavy (non-hydrogen) atoms. The minimum absolute atomic E-state index is 0.116. The third kappa shape index (κ3) is 2.68. The summed E-state index contributed by atoms with van der Waals surface area (Å²) in [5.74, 6) is -1.37. The average molecular weight is 280 g/mol. The number of aliphatic carboxylic acids is 1. The van der Waals surface area contributed by atoms with Gasteiger partial charge in [-0.2, -0.15) is 0 Å². The molecule has 0 saturated carbocycles. The Kier molecular flexibility index (Phi) is 4.12. The van der Waals surface area contributed by atoms with Gasteiger partial charge in [0.05, 0.1) is 20.1 Å². The normalized spacial score (nSPS) is 21.4. The van der Waals surface area contributed by atoms with Gasteiger partial charge in [-0.15, -0.1) is 0 Å². The summed E-state index contributed by atoms with van der Waals surface area (Å²) in [6.45, 7) is 2.35. The topological polar surface area (TPSA) is 82.1 Å². The number of hydrogen-bond donors (Lipinski definition) is 1. The molecule has 6 heteroatoms. The zero-order valence-electron chi connectivity index (χ0n) is 11.3. The van der Waals surface area contributed by atoms with Gasteiger partial charge in [-0.1, -0.05) is 6.07 Å². The van der Waals surface area contributed by atoms with Gasteiger partial charge in [0.15, 0.2) is 11.5 Å². The van der Waals surface area contributed by atoms with Crippen molar-refractivity contribution in [1.82, 2.24) is 0 Å². The summed E-state index contributed by atoms with van der Waals surface area (Å²) in [7, 11) is 1.50. The lowest BCUT2D eigenvalue weighted by Crippen LogP contribution is -2.17. The molecule has 0 aromatic heterocycles. The fourth-order valence-electron chi connectivity index (χ4n) is 2.21. The number of carboxylic acid groups (broad SMARTS) is 1. The van der Waals surface area contributed by atoms with E-state index in [2.05, 4.69) is 0 Å². The first-order valence-electron chi connectivity index (χ1n) is 6.29. The van der Waals surface area contributed by atoms with E-state index in [-0.39, 0.29) is 6.42 Å². The van der Waals surface area contributed by atoms with Crippen LogP contribution in [0.25, 0.3) is 0 Å². The molecule has 1 saturated heterocycles. The molecule has 0 bridgehead atoms. The minimum Gasteiger partial charge on any atom is -0.493 e. The summed E-state index contributed by atoms with van der Waals surface area (Å²) < 4.78 is 15.7. The van der Waals surface area contributed by atoms with Crippen molar-refractivity contribution in [1.29, 1.82) is 0 Å². The molecule has 1 heterocycles. The van der Waals surface area contributed by atoms with Crippen LogP contribution in [-0.2, 0) is 14.3 Å². The fourth-order valence-corrected chi connectivity index (χ4v) is 2.21. The minimum atomic E-state index is -1.05. The van der Waals surface area contributed by atoms with Gasteiger partial charge < -0.3 is 19.3 Å². The van der Waals surface area contributed by atoms with Crippen molar-refractivity contribution in [2.24, 2.45) is 5.92 Å². The highest BCUT2D eigenvalue weighted by atomic mass is 16.6. The van der Waals surface area contributed by atoms with Crippen molar-refractivity contribution in [3.8, 4) is 11.5 Å². The second-order valence-electron chi connectivity index (χ2n) is 4.40. The molecule has 1 aliphatic rings. The maximum atomic E-state index is 11.3. The third-order valence-electron chi connectivity index (χ3n) is 3.14. The zero-order chi connectivity index (χ0) is 14.7. The monoisotopic (exact) mass is 280 g/mol. The van der Waals surface area contributed by atoms with Crippen molar-refractivity contribution in [2.75, 3.05) is 13.7 Å². The molecule has 0 aliphatic carbocycles. The highest BCUT2D eigenvalue weighted by molar-refractivity contribution is 5.82. The number of carbonyl (C=O) groups excluding carboxylic acids is 1. The van der Waals surface area contributed by atoms with E-state index in [9.17, 15) is 9.59 Å². The smallest absolute Gasteiger partial charge is 0.311 e. The zero-order valence-corrected chi connectivity index (χ0v) is 11.3. The molecule has 1 aromatic rings. The number of carbonyl (C=O) groups is 2. The van der Waals surface area contributed by atoms with E-state index in [1.54, 1.807) is 18.2 Å². The second-order valence-corrected chi connectivity index (χ2v) is 4.40. The summed E-state index contributed by atoms with van der Waals surface area (Å²) in [6, 6.07) is 5.01. The Hall–Kier alpha value is -2.24. The standard InChI is InChI=1S/C14H16O6/c1-3-19-10-5-4-8(6-11(10)18-2)13-9(14(16)17)7-12(15)20-13/h4-6,9,13H,3,7H2,1-2H3,(H,16,17)/t9-,13-/m1/s1. The molecule has 1 fully saturated rings. The fraction of sp³-hybridized carbons (Fsp3) is 0.429. The van der Waals surface area contributed by atoms with E-state index in [0.717, 1.165) is 0 Å². The Morgan fingerprint density at radius 2 is 2.20 bits per heavy atom. The van der Waals surface area contributed by atoms with E-state index in [0.29, 0.717) is 23.7 Å². The van der Waals surface area contributed by atoms with Crippen molar-refractivity contribution in [3.63, 3.8) is 0 Å². The summed E-state index contributed by atoms with van der Waals surface area (Å²) >= 11 is 0. The van der Waals surface area contributed by atoms with Gasteiger partial charge in [0.2, 0.25) is 0 Å². The Balaban J connectivity index is 2.32. The molecule has 1 N–H and O–H groups in total. The lowest BCUT2D eigenvalue weighted by molar-refractivity contribution is -0.144. The van der Waals surface area contributed by atoms with E-state index in [4.69, 9.17) is 19.3 Å². The second kappa shape index (κ2) is 5.81. The highest BCUT2D eigenvalue weighted by Crippen LogP contribution is 2.39. The van der Waals surface area contributed by atoms with Crippen LogP contribution in [0.3, 0.4) is 0 Å². The molecule has 1 aliphatic heterocycles. The molecule has 2 rings (SSSR count). The van der Waals surface area contributed by atoms with E-state index < -0.39 is 24.0 Å². The van der Waals surface area contributed by atoms with Crippen LogP contribution >= 0.6 is 0 Å². The summed E-state index contributed by atoms with van der Waals surface area (Å²) in [5, 5.41) is 9.14. The molecule has 0 radical (unpaired) electrons. The van der Waals surface area contributed by atoms with Crippen LogP contribution in [0.5, 0.6) is 11.5 Å². The van der Waals surface area contributed by atoms with Gasteiger partial charge in [0.1, 0.15) is 12.0 Å². The Morgan fingerprint density at radius 3 is 2.80 bits per heavy atom. The van der Waals surface area contributed by atoms with Gasteiger partial charge in [-0.05, 0) is 24.6 Å². The van der Waals surface area contributed by atoms with Gasteiger partial charge in [0, 0.05) is 0 Å². The first-order valence-corrected chi connectivity index (χ1v) is 6.29. The number of methoxy groups -OCH3 is 1. The van der Waals surface area contributed by atoms with Crippen molar-refractivity contribution < 1.29 is 28.9 Å². The summed E-state index contributed by atoms with van der Waals surface area (Å²) in [6.07, 6.45) is -0.903. The number of ether oxygens (including phenoxy) is 3. The van der Waals surface area contributed by atoms with Crippen LogP contribution in [0, 0.1) is 5.92 Å². The summed E-state index contributed by atoms with van der Waals surface area (Å²) in [4.78, 5) is 22.5. The first kappa shape index (κ1) is 14.2. The SMILES string of the molecule is CCOc1ccc([C@H]2OC(=O)C[C@H]2C(=O)O)cc1OC. The van der Waals surface area contributed by atoms with Crippen LogP contribution < -0.4 is 9.47 Å². The Bertz CT molecular complexity index is 524. The van der Waals surface area contributed by atoms with Crippen LogP contribution in [0.2, 0.25) is 0 Å². The maximum Gasteiger partial charge on any atom is 0.311 e. The predicted octanol–water partition coefficient (Wildman–Crippen LogP) is 1.78. The largest absolute Gasteiger partial charge is 0.493 e. The van der Waals surface area contributed by atoms with Crippen LogP contribution in [0.4, 0.5) is 0 Å². The quantitative estimate of drug-likeness (QED) is 0.828. The molecule has 0 unspecified atom stereocenters. The molecular weight excluding hydrogens is 264 g/mol. The van der Waals surface area contributed by atoms with Gasteiger partial charge >= 0.3 is 11.9 Å². The van der Waals surface area contributed by atoms with Crippen molar-refractivity contribution >= 4 is 11.9 Å².